The van der Waals surface area contributed by atoms with Crippen molar-refractivity contribution < 1.29 is 29.3 Å². The van der Waals surface area contributed by atoms with Crippen LogP contribution < -0.4 is 16.0 Å². The van der Waals surface area contributed by atoms with Gasteiger partial charge in [-0.3, -0.25) is 24.6 Å². The van der Waals surface area contributed by atoms with Crippen molar-refractivity contribution in [3.63, 3.8) is 0 Å². The number of aliphatic hydroxyl groups excluding tert-OH is 2. The molecule has 1 aliphatic heterocycles. The van der Waals surface area contributed by atoms with E-state index in [1.54, 1.807) is 15.9 Å². The maximum atomic E-state index is 13.7. The summed E-state index contributed by atoms with van der Waals surface area (Å²) >= 11 is 0. The maximum absolute atomic E-state index is 13.7. The Kier molecular flexibility index (Phi) is 13.9. The second-order valence-electron chi connectivity index (χ2n) is 13.0. The topological polar surface area (TPSA) is 172 Å². The van der Waals surface area contributed by atoms with Crippen molar-refractivity contribution in [2.45, 2.75) is 96.9 Å². The number of amides is 2. The SMILES string of the molecule is CCC[C@H](NC(=O)[C@@H](C)CCC)[C@H](O)NCCCN1Cc2cc([C@H](O)N(C)Cc3nc4ccccc4[nH]3)ccc2N[C@@H](CC(=O)OC)C1=O. The standard InChI is InChI=1S/C36H53N7O6/c1-6-11-23(3)33(45)41-29(12-7-2)34(46)37-17-10-18-43-21-25-19-24(15-16-26(25)38-30(36(43)48)20-32(44)49-5)35(47)42(4)22-31-39-27-13-8-9-14-28(27)40-31/h8-9,13-16,19,23,29-30,34-35,37-38,46-47H,6-7,10-12,17-18,20-22H2,1-5H3,(H,39,40)(H,41,45)/t23-,29-,30-,34-,35-/m0/s1. The molecule has 1 aliphatic rings. The van der Waals surface area contributed by atoms with Gasteiger partial charge in [-0.2, -0.15) is 0 Å². The molecule has 0 fully saturated rings. The van der Waals surface area contributed by atoms with Crippen LogP contribution in [0.3, 0.4) is 0 Å². The van der Waals surface area contributed by atoms with Crippen molar-refractivity contribution in [2.75, 3.05) is 32.6 Å². The van der Waals surface area contributed by atoms with E-state index in [4.69, 9.17) is 4.74 Å². The van der Waals surface area contributed by atoms with Gasteiger partial charge in [-0.05, 0) is 68.2 Å². The third-order valence-corrected chi connectivity index (χ3v) is 9.02. The van der Waals surface area contributed by atoms with Crippen molar-refractivity contribution >= 4 is 34.5 Å². The highest BCUT2D eigenvalue weighted by Gasteiger charge is 2.32. The lowest BCUT2D eigenvalue weighted by molar-refractivity contribution is -0.144. The summed E-state index contributed by atoms with van der Waals surface area (Å²) in [5.41, 5.74) is 3.94. The normalized spacial score (nSPS) is 17.2. The molecule has 0 aliphatic carbocycles. The van der Waals surface area contributed by atoms with Crippen LogP contribution in [0.25, 0.3) is 11.0 Å². The van der Waals surface area contributed by atoms with Gasteiger partial charge in [0.15, 0.2) is 0 Å². The molecule has 6 N–H and O–H groups in total. The first kappa shape index (κ1) is 37.8. The van der Waals surface area contributed by atoms with E-state index in [1.807, 2.05) is 64.2 Å². The molecule has 0 unspecified atom stereocenters. The van der Waals surface area contributed by atoms with Gasteiger partial charge in [0, 0.05) is 24.7 Å². The molecule has 2 amide bonds. The number of esters is 1. The summed E-state index contributed by atoms with van der Waals surface area (Å²) in [5, 5.41) is 31.5. The number of hydrogen-bond donors (Lipinski definition) is 6. The Morgan fingerprint density at radius 1 is 1.14 bits per heavy atom. The predicted octanol–water partition coefficient (Wildman–Crippen LogP) is 3.39. The van der Waals surface area contributed by atoms with Gasteiger partial charge in [0.1, 0.15) is 24.3 Å². The number of para-hydroxylation sites is 2. The number of aliphatic hydroxyl groups is 2. The molecule has 0 bridgehead atoms. The molecule has 13 heteroatoms. The summed E-state index contributed by atoms with van der Waals surface area (Å²) < 4.78 is 4.87. The van der Waals surface area contributed by atoms with Crippen molar-refractivity contribution in [3.8, 4) is 0 Å². The molecule has 1 aromatic heterocycles. The van der Waals surface area contributed by atoms with Crippen molar-refractivity contribution in [1.82, 2.24) is 30.4 Å². The molecule has 13 nitrogen and oxygen atoms in total. The molecule has 4 rings (SSSR count). The van der Waals surface area contributed by atoms with Gasteiger partial charge in [0.05, 0.1) is 37.2 Å². The molecule has 5 atom stereocenters. The lowest BCUT2D eigenvalue weighted by Crippen LogP contribution is -2.51. The molecule has 2 heterocycles. The first-order valence-corrected chi connectivity index (χ1v) is 17.3. The number of methoxy groups -OCH3 is 1. The Labute approximate surface area is 288 Å². The van der Waals surface area contributed by atoms with E-state index in [-0.39, 0.29) is 30.7 Å². The third-order valence-electron chi connectivity index (χ3n) is 9.02. The van der Waals surface area contributed by atoms with Crippen molar-refractivity contribution in [2.24, 2.45) is 5.92 Å². The number of rotatable bonds is 18. The van der Waals surface area contributed by atoms with E-state index in [9.17, 15) is 24.6 Å². The number of aromatic amines is 1. The Morgan fingerprint density at radius 3 is 2.61 bits per heavy atom. The zero-order valence-electron chi connectivity index (χ0n) is 29.4. The number of benzene rings is 2. The number of fused-ring (bicyclic) bond motifs is 2. The van der Waals surface area contributed by atoms with Gasteiger partial charge < -0.3 is 35.5 Å². The Morgan fingerprint density at radius 2 is 1.90 bits per heavy atom. The number of carbonyl (C=O) groups excluding carboxylic acids is 3. The minimum Gasteiger partial charge on any atom is -0.469 e. The van der Waals surface area contributed by atoms with E-state index in [2.05, 4.69) is 25.9 Å². The van der Waals surface area contributed by atoms with E-state index in [1.165, 1.54) is 7.11 Å². The van der Waals surface area contributed by atoms with Gasteiger partial charge in [0.2, 0.25) is 11.8 Å². The quantitative estimate of drug-likeness (QED) is 0.0665. The molecule has 49 heavy (non-hydrogen) atoms. The lowest BCUT2D eigenvalue weighted by atomic mass is 10.0. The zero-order valence-corrected chi connectivity index (χ0v) is 29.4. The number of H-pyrrole nitrogens is 1. The van der Waals surface area contributed by atoms with Crippen LogP contribution in [-0.2, 0) is 32.2 Å². The highest BCUT2D eigenvalue weighted by atomic mass is 16.5. The van der Waals surface area contributed by atoms with Gasteiger partial charge >= 0.3 is 5.97 Å². The number of hydrogen-bond acceptors (Lipinski definition) is 10. The Bertz CT molecular complexity index is 1510. The van der Waals surface area contributed by atoms with Gasteiger partial charge in [-0.25, -0.2) is 4.98 Å². The fourth-order valence-electron chi connectivity index (χ4n) is 6.21. The molecular weight excluding hydrogens is 626 g/mol. The number of nitrogens with one attached hydrogen (secondary N) is 4. The Hall–Kier alpha value is -4.04. The number of imidazole rings is 1. The van der Waals surface area contributed by atoms with Crippen molar-refractivity contribution in [1.29, 1.82) is 0 Å². The molecule has 0 radical (unpaired) electrons. The molecular formula is C36H53N7O6. The minimum atomic E-state index is -0.941. The number of nitrogens with zero attached hydrogens (tertiary/aromatic N) is 3. The minimum absolute atomic E-state index is 0.0654. The van der Waals surface area contributed by atoms with Crippen LogP contribution in [0.2, 0.25) is 0 Å². The first-order chi connectivity index (χ1) is 23.5. The summed E-state index contributed by atoms with van der Waals surface area (Å²) in [4.78, 5) is 49.9. The zero-order chi connectivity index (χ0) is 35.5. The summed E-state index contributed by atoms with van der Waals surface area (Å²) in [7, 11) is 3.11. The molecule has 268 valence electrons. The second kappa shape index (κ2) is 18.1. The molecule has 3 aromatic rings. The van der Waals surface area contributed by atoms with Crippen molar-refractivity contribution in [3.05, 3.63) is 59.4 Å². The van der Waals surface area contributed by atoms with Crippen LogP contribution >= 0.6 is 0 Å². The maximum Gasteiger partial charge on any atom is 0.308 e. The second-order valence-corrected chi connectivity index (χ2v) is 13.0. The fraction of sp³-hybridized carbons (Fsp3) is 0.556. The lowest BCUT2D eigenvalue weighted by Gasteiger charge is -2.27. The summed E-state index contributed by atoms with van der Waals surface area (Å²) in [6.45, 7) is 7.34. The fourth-order valence-corrected chi connectivity index (χ4v) is 6.21. The van der Waals surface area contributed by atoms with Crippen LogP contribution in [0, 0.1) is 5.92 Å². The van der Waals surface area contributed by atoms with E-state index in [0.717, 1.165) is 41.7 Å². The average molecular weight is 680 g/mol. The highest BCUT2D eigenvalue weighted by Crippen LogP contribution is 2.29. The van der Waals surface area contributed by atoms with Crippen LogP contribution in [0.5, 0.6) is 0 Å². The third kappa shape index (κ3) is 10.2. The van der Waals surface area contributed by atoms with Crippen LogP contribution in [0.15, 0.2) is 42.5 Å². The average Bonchev–Trinajstić information content (AvgIpc) is 3.45. The van der Waals surface area contributed by atoms with Gasteiger partial charge in [-0.1, -0.05) is 51.8 Å². The molecule has 2 aromatic carbocycles. The summed E-state index contributed by atoms with van der Waals surface area (Å²) in [6, 6.07) is 12.0. The van der Waals surface area contributed by atoms with Gasteiger partial charge in [-0.15, -0.1) is 0 Å². The summed E-state index contributed by atoms with van der Waals surface area (Å²) in [6.07, 6.45) is 1.62. The summed E-state index contributed by atoms with van der Waals surface area (Å²) in [5.74, 6) is -0.208. The monoisotopic (exact) mass is 679 g/mol. The predicted molar refractivity (Wildman–Crippen MR) is 188 cm³/mol. The number of anilines is 1. The first-order valence-electron chi connectivity index (χ1n) is 17.3. The molecule has 0 saturated heterocycles. The smallest absolute Gasteiger partial charge is 0.308 e. The van der Waals surface area contributed by atoms with E-state index in [0.29, 0.717) is 43.7 Å². The van der Waals surface area contributed by atoms with E-state index >= 15 is 0 Å². The number of carbonyl (C=O) groups is 3. The van der Waals surface area contributed by atoms with E-state index < -0.39 is 30.5 Å². The van der Waals surface area contributed by atoms with Gasteiger partial charge in [0.25, 0.3) is 0 Å². The molecule has 0 spiro atoms. The number of aromatic nitrogens is 2. The molecule has 0 saturated carbocycles. The largest absolute Gasteiger partial charge is 0.469 e. The van der Waals surface area contributed by atoms with Crippen LogP contribution in [0.4, 0.5) is 5.69 Å². The Balaban J connectivity index is 1.42. The van der Waals surface area contributed by atoms with Crippen LogP contribution in [0.1, 0.15) is 82.5 Å². The van der Waals surface area contributed by atoms with Crippen LogP contribution in [-0.4, -0.2) is 93.3 Å². The highest BCUT2D eigenvalue weighted by molar-refractivity contribution is 5.90. The number of ether oxygens (including phenoxy) is 1.